The summed E-state index contributed by atoms with van der Waals surface area (Å²) in [6.45, 7) is 3.39. The molecule has 0 aliphatic carbocycles. The number of halogens is 1. The Bertz CT molecular complexity index is 1060. The van der Waals surface area contributed by atoms with E-state index in [4.69, 9.17) is 4.74 Å². The van der Waals surface area contributed by atoms with Gasteiger partial charge in [0.25, 0.3) is 11.5 Å². The van der Waals surface area contributed by atoms with Gasteiger partial charge in [-0.15, -0.1) is 11.3 Å². The highest BCUT2D eigenvalue weighted by Gasteiger charge is 2.27. The van der Waals surface area contributed by atoms with Crippen molar-refractivity contribution in [3.05, 3.63) is 63.3 Å². The monoisotopic (exact) mass is 401 g/mol. The predicted molar refractivity (Wildman–Crippen MR) is 105 cm³/mol. The van der Waals surface area contributed by atoms with Gasteiger partial charge in [-0.1, -0.05) is 0 Å². The molecule has 8 heteroatoms. The fourth-order valence-corrected chi connectivity index (χ4v) is 4.30. The van der Waals surface area contributed by atoms with Crippen LogP contribution in [0.1, 0.15) is 28.9 Å². The average molecular weight is 401 g/mol. The third-order valence-electron chi connectivity index (χ3n) is 4.95. The third kappa shape index (κ3) is 3.64. The van der Waals surface area contributed by atoms with Crippen LogP contribution in [0.2, 0.25) is 0 Å². The van der Waals surface area contributed by atoms with Crippen LogP contribution in [0.5, 0.6) is 5.75 Å². The summed E-state index contributed by atoms with van der Waals surface area (Å²) < 4.78 is 20.2. The Morgan fingerprint density at radius 3 is 2.93 bits per heavy atom. The summed E-state index contributed by atoms with van der Waals surface area (Å²) in [6.07, 6.45) is 3.16. The molecule has 1 amide bonds. The average Bonchev–Trinajstić information content (AvgIpc) is 3.09. The van der Waals surface area contributed by atoms with Crippen molar-refractivity contribution in [1.29, 1.82) is 0 Å². The Morgan fingerprint density at radius 1 is 1.36 bits per heavy atom. The lowest BCUT2D eigenvalue weighted by atomic mass is 9.98. The number of thiazole rings is 1. The molecule has 0 N–H and O–H groups in total. The van der Waals surface area contributed by atoms with Crippen LogP contribution in [0.25, 0.3) is 4.96 Å². The Kier molecular flexibility index (Phi) is 5.13. The number of fused-ring (bicyclic) bond motifs is 1. The molecule has 1 aliphatic heterocycles. The van der Waals surface area contributed by atoms with Crippen molar-refractivity contribution in [2.24, 2.45) is 5.92 Å². The first kappa shape index (κ1) is 18.6. The summed E-state index contributed by atoms with van der Waals surface area (Å²) in [5, 5.41) is 1.85. The second-order valence-electron chi connectivity index (χ2n) is 7.00. The molecule has 1 aliphatic rings. The molecule has 146 valence electrons. The maximum absolute atomic E-state index is 13.0. The molecule has 0 bridgehead atoms. The molecule has 0 saturated carbocycles. The number of piperidine rings is 1. The van der Waals surface area contributed by atoms with Gasteiger partial charge in [-0.3, -0.25) is 14.0 Å². The minimum atomic E-state index is -0.321. The van der Waals surface area contributed by atoms with E-state index in [1.807, 2.05) is 12.3 Å². The van der Waals surface area contributed by atoms with Crippen molar-refractivity contribution >= 4 is 22.2 Å². The number of aromatic nitrogens is 2. The molecule has 0 radical (unpaired) electrons. The third-order valence-corrected chi connectivity index (χ3v) is 5.91. The summed E-state index contributed by atoms with van der Waals surface area (Å²) in [7, 11) is 0. The molecular formula is C20H20FN3O3S. The highest BCUT2D eigenvalue weighted by atomic mass is 32.1. The normalized spacial score (nSPS) is 17.1. The molecule has 3 aromatic rings. The number of nitrogens with zero attached hydrogens (tertiary/aromatic N) is 3. The molecule has 0 spiro atoms. The Morgan fingerprint density at radius 2 is 2.14 bits per heavy atom. The van der Waals surface area contributed by atoms with E-state index in [2.05, 4.69) is 4.98 Å². The van der Waals surface area contributed by atoms with E-state index < -0.39 is 0 Å². The van der Waals surface area contributed by atoms with Gasteiger partial charge < -0.3 is 9.64 Å². The van der Waals surface area contributed by atoms with Gasteiger partial charge in [0.05, 0.1) is 6.61 Å². The SMILES string of the molecule is Cc1csc2ncc(C(=O)N3CCCC(COc4ccc(F)cc4)C3)c(=O)n12. The lowest BCUT2D eigenvalue weighted by Crippen LogP contribution is -2.43. The number of carbonyl (C=O) groups is 1. The van der Waals surface area contributed by atoms with Crippen LogP contribution in [0, 0.1) is 18.7 Å². The predicted octanol–water partition coefficient (Wildman–Crippen LogP) is 3.13. The topological polar surface area (TPSA) is 63.9 Å². The molecule has 1 atom stereocenters. The minimum Gasteiger partial charge on any atom is -0.493 e. The van der Waals surface area contributed by atoms with Crippen molar-refractivity contribution in [3.8, 4) is 5.75 Å². The van der Waals surface area contributed by atoms with Crippen LogP contribution >= 0.6 is 11.3 Å². The summed E-state index contributed by atoms with van der Waals surface area (Å²) >= 11 is 1.38. The van der Waals surface area contributed by atoms with Gasteiger partial charge in [0.2, 0.25) is 0 Å². The summed E-state index contributed by atoms with van der Waals surface area (Å²) in [5.41, 5.74) is 0.550. The van der Waals surface area contributed by atoms with Crippen molar-refractivity contribution in [2.75, 3.05) is 19.7 Å². The smallest absolute Gasteiger partial charge is 0.271 e. The maximum atomic E-state index is 13.0. The van der Waals surface area contributed by atoms with Gasteiger partial charge in [0.15, 0.2) is 4.96 Å². The van der Waals surface area contributed by atoms with Gasteiger partial charge >= 0.3 is 0 Å². The molecule has 2 aromatic heterocycles. The van der Waals surface area contributed by atoms with Gasteiger partial charge in [-0.25, -0.2) is 9.37 Å². The number of hydrogen-bond donors (Lipinski definition) is 0. The Balaban J connectivity index is 1.46. The lowest BCUT2D eigenvalue weighted by molar-refractivity contribution is 0.0631. The molecule has 1 saturated heterocycles. The Labute approximate surface area is 165 Å². The van der Waals surface area contributed by atoms with Crippen molar-refractivity contribution in [3.63, 3.8) is 0 Å². The van der Waals surface area contributed by atoms with Crippen molar-refractivity contribution in [2.45, 2.75) is 19.8 Å². The molecule has 6 nitrogen and oxygen atoms in total. The van der Waals surface area contributed by atoms with Gasteiger partial charge in [0, 0.05) is 36.3 Å². The summed E-state index contributed by atoms with van der Waals surface area (Å²) in [4.78, 5) is 32.2. The van der Waals surface area contributed by atoms with E-state index in [1.165, 1.54) is 34.1 Å². The molecule has 4 rings (SSSR count). The number of hydrogen-bond acceptors (Lipinski definition) is 5. The maximum Gasteiger partial charge on any atom is 0.271 e. The van der Waals surface area contributed by atoms with Crippen LogP contribution < -0.4 is 10.3 Å². The van der Waals surface area contributed by atoms with Gasteiger partial charge in [0.1, 0.15) is 17.1 Å². The highest BCUT2D eigenvalue weighted by molar-refractivity contribution is 7.15. The standard InChI is InChI=1S/C20H20FN3O3S/c1-13-12-28-20-22-9-17(19(26)24(13)20)18(25)23-8-2-3-14(10-23)11-27-16-6-4-15(21)5-7-16/h4-7,9,12,14H,2-3,8,10-11H2,1H3. The molecule has 1 aromatic carbocycles. The second-order valence-corrected chi connectivity index (χ2v) is 7.83. The van der Waals surface area contributed by atoms with Gasteiger partial charge in [-0.05, 0) is 44.0 Å². The van der Waals surface area contributed by atoms with E-state index in [0.29, 0.717) is 30.4 Å². The quantitative estimate of drug-likeness (QED) is 0.674. The number of carbonyl (C=O) groups excluding carboxylic acids is 1. The number of ether oxygens (including phenoxy) is 1. The lowest BCUT2D eigenvalue weighted by Gasteiger charge is -2.32. The zero-order valence-electron chi connectivity index (χ0n) is 15.4. The summed E-state index contributed by atoms with van der Waals surface area (Å²) in [5.74, 6) is 0.166. The Hall–Kier alpha value is -2.74. The van der Waals surface area contributed by atoms with E-state index in [9.17, 15) is 14.0 Å². The van der Waals surface area contributed by atoms with E-state index >= 15 is 0 Å². The van der Waals surface area contributed by atoms with Crippen molar-refractivity contribution in [1.82, 2.24) is 14.3 Å². The van der Waals surface area contributed by atoms with Gasteiger partial charge in [-0.2, -0.15) is 0 Å². The number of likely N-dealkylation sites (tertiary alicyclic amines) is 1. The molecule has 28 heavy (non-hydrogen) atoms. The van der Waals surface area contributed by atoms with E-state index in [-0.39, 0.29) is 28.8 Å². The van der Waals surface area contributed by atoms with Crippen LogP contribution in [-0.2, 0) is 0 Å². The van der Waals surface area contributed by atoms with Crippen molar-refractivity contribution < 1.29 is 13.9 Å². The fraction of sp³-hybridized carbons (Fsp3) is 0.350. The second kappa shape index (κ2) is 7.71. The van der Waals surface area contributed by atoms with Crippen LogP contribution in [0.15, 0.2) is 40.6 Å². The first-order valence-corrected chi connectivity index (χ1v) is 10.0. The molecule has 1 unspecified atom stereocenters. The largest absolute Gasteiger partial charge is 0.493 e. The van der Waals surface area contributed by atoms with Crippen LogP contribution in [-0.4, -0.2) is 39.9 Å². The van der Waals surface area contributed by atoms with E-state index in [1.54, 1.807) is 17.0 Å². The number of amides is 1. The molecule has 3 heterocycles. The zero-order chi connectivity index (χ0) is 19.7. The van der Waals surface area contributed by atoms with Crippen LogP contribution in [0.3, 0.4) is 0 Å². The number of benzene rings is 1. The number of aryl methyl sites for hydroxylation is 1. The minimum absolute atomic E-state index is 0.0964. The zero-order valence-corrected chi connectivity index (χ0v) is 16.2. The fourth-order valence-electron chi connectivity index (χ4n) is 3.47. The van der Waals surface area contributed by atoms with E-state index in [0.717, 1.165) is 18.5 Å². The molecule has 1 fully saturated rings. The molecular weight excluding hydrogens is 381 g/mol. The first-order valence-electron chi connectivity index (χ1n) is 9.16. The first-order chi connectivity index (χ1) is 13.5. The number of rotatable bonds is 4. The highest BCUT2D eigenvalue weighted by Crippen LogP contribution is 2.20. The van der Waals surface area contributed by atoms with Crippen LogP contribution in [0.4, 0.5) is 4.39 Å². The summed E-state index contributed by atoms with van der Waals surface area (Å²) in [6, 6.07) is 5.89.